The molecular formula is C12H14N2O2. The van der Waals surface area contributed by atoms with Gasteiger partial charge in [-0.05, 0) is 12.1 Å². The Labute approximate surface area is 94.0 Å². The molecule has 4 nitrogen and oxygen atoms in total. The molecule has 0 saturated carbocycles. The summed E-state index contributed by atoms with van der Waals surface area (Å²) in [4.78, 5) is 4.44. The number of nitrogens with two attached hydrogens (primary N) is 1. The van der Waals surface area contributed by atoms with E-state index in [1.54, 1.807) is 14.2 Å². The van der Waals surface area contributed by atoms with Crippen LogP contribution in [-0.2, 0) is 9.47 Å². The van der Waals surface area contributed by atoms with Gasteiger partial charge in [0.1, 0.15) is 5.69 Å². The zero-order valence-electron chi connectivity index (χ0n) is 9.31. The number of benzene rings is 1. The highest BCUT2D eigenvalue weighted by Gasteiger charge is 2.15. The van der Waals surface area contributed by atoms with Crippen LogP contribution in [0.4, 0.5) is 5.69 Å². The third-order valence-electron chi connectivity index (χ3n) is 2.44. The maximum atomic E-state index is 5.92. The highest BCUT2D eigenvalue weighted by atomic mass is 16.7. The average molecular weight is 218 g/mol. The normalized spacial score (nSPS) is 11.2. The van der Waals surface area contributed by atoms with Crippen molar-refractivity contribution in [1.29, 1.82) is 0 Å². The highest BCUT2D eigenvalue weighted by molar-refractivity contribution is 5.82. The largest absolute Gasteiger partial charge is 0.397 e. The number of fused-ring (bicyclic) bond motifs is 1. The third kappa shape index (κ3) is 1.85. The van der Waals surface area contributed by atoms with Crippen LogP contribution in [0.2, 0.25) is 0 Å². The van der Waals surface area contributed by atoms with Gasteiger partial charge in [-0.25, -0.2) is 4.98 Å². The molecular weight excluding hydrogens is 204 g/mol. The van der Waals surface area contributed by atoms with Gasteiger partial charge in [0.15, 0.2) is 0 Å². The van der Waals surface area contributed by atoms with Crippen molar-refractivity contribution in [3.05, 3.63) is 36.0 Å². The Morgan fingerprint density at radius 1 is 1.19 bits per heavy atom. The molecule has 84 valence electrons. The summed E-state index contributed by atoms with van der Waals surface area (Å²) in [6.07, 6.45) is -0.524. The Morgan fingerprint density at radius 3 is 2.56 bits per heavy atom. The van der Waals surface area contributed by atoms with E-state index in [-0.39, 0.29) is 0 Å². The Bertz CT molecular complexity index is 495. The topological polar surface area (TPSA) is 57.4 Å². The molecule has 1 aromatic carbocycles. The summed E-state index contributed by atoms with van der Waals surface area (Å²) in [5, 5.41) is 1.01. The highest BCUT2D eigenvalue weighted by Crippen LogP contribution is 2.25. The summed E-state index contributed by atoms with van der Waals surface area (Å²) in [5.41, 5.74) is 7.99. The van der Waals surface area contributed by atoms with E-state index >= 15 is 0 Å². The van der Waals surface area contributed by atoms with Crippen LogP contribution in [0.1, 0.15) is 12.0 Å². The number of hydrogen-bond acceptors (Lipinski definition) is 4. The fraction of sp³-hybridized carbons (Fsp3) is 0.250. The van der Waals surface area contributed by atoms with Gasteiger partial charge in [-0.1, -0.05) is 18.2 Å². The molecule has 4 heteroatoms. The molecule has 1 aromatic heterocycles. The molecule has 1 heterocycles. The number of rotatable bonds is 3. The van der Waals surface area contributed by atoms with Crippen LogP contribution in [0.5, 0.6) is 0 Å². The molecule has 2 rings (SSSR count). The lowest BCUT2D eigenvalue weighted by Crippen LogP contribution is -2.09. The van der Waals surface area contributed by atoms with Crippen LogP contribution < -0.4 is 5.73 Å². The van der Waals surface area contributed by atoms with Gasteiger partial charge in [0.2, 0.25) is 6.29 Å². The van der Waals surface area contributed by atoms with Crippen LogP contribution in [-0.4, -0.2) is 19.2 Å². The maximum absolute atomic E-state index is 5.92. The lowest BCUT2D eigenvalue weighted by atomic mass is 10.1. The zero-order chi connectivity index (χ0) is 11.5. The molecule has 0 saturated heterocycles. The molecule has 2 aromatic rings. The Morgan fingerprint density at radius 2 is 1.88 bits per heavy atom. The van der Waals surface area contributed by atoms with E-state index in [0.717, 1.165) is 10.9 Å². The van der Waals surface area contributed by atoms with Crippen LogP contribution in [0, 0.1) is 0 Å². The molecule has 0 atom stereocenters. The van der Waals surface area contributed by atoms with Crippen molar-refractivity contribution in [2.45, 2.75) is 6.29 Å². The summed E-state index contributed by atoms with van der Waals surface area (Å²) in [6.45, 7) is 0. The van der Waals surface area contributed by atoms with Gasteiger partial charge in [-0.3, -0.25) is 0 Å². The Kier molecular flexibility index (Phi) is 3.03. The number of anilines is 1. The lowest BCUT2D eigenvalue weighted by molar-refractivity contribution is -0.107. The summed E-state index contributed by atoms with van der Waals surface area (Å²) in [5.74, 6) is 0. The first-order valence-electron chi connectivity index (χ1n) is 4.97. The summed E-state index contributed by atoms with van der Waals surface area (Å²) < 4.78 is 10.3. The molecule has 2 N–H and O–H groups in total. The predicted octanol–water partition coefficient (Wildman–Crippen LogP) is 2.11. The quantitative estimate of drug-likeness (QED) is 0.801. The van der Waals surface area contributed by atoms with Gasteiger partial charge in [0.05, 0.1) is 11.2 Å². The number of hydrogen-bond donors (Lipinski definition) is 1. The Balaban J connectivity index is 2.57. The number of pyridine rings is 1. The van der Waals surface area contributed by atoms with Crippen molar-refractivity contribution in [3.8, 4) is 0 Å². The molecule has 0 amide bonds. The van der Waals surface area contributed by atoms with E-state index in [1.807, 2.05) is 30.3 Å². The molecule has 0 unspecified atom stereocenters. The van der Waals surface area contributed by atoms with Crippen LogP contribution in [0.3, 0.4) is 0 Å². The first-order valence-corrected chi connectivity index (χ1v) is 4.97. The minimum absolute atomic E-state index is 0.524. The Hall–Kier alpha value is -1.65. The molecule has 0 bridgehead atoms. The predicted molar refractivity (Wildman–Crippen MR) is 62.9 cm³/mol. The third-order valence-corrected chi connectivity index (χ3v) is 2.44. The SMILES string of the molecule is COC(OC)c1nc2ccccc2cc1N. The van der Waals surface area contributed by atoms with Crippen molar-refractivity contribution >= 4 is 16.6 Å². The summed E-state index contributed by atoms with van der Waals surface area (Å²) >= 11 is 0. The van der Waals surface area contributed by atoms with Gasteiger partial charge >= 0.3 is 0 Å². The van der Waals surface area contributed by atoms with Gasteiger partial charge in [-0.2, -0.15) is 0 Å². The minimum Gasteiger partial charge on any atom is -0.397 e. The average Bonchev–Trinajstić information content (AvgIpc) is 2.31. The van der Waals surface area contributed by atoms with Crippen molar-refractivity contribution in [2.75, 3.05) is 20.0 Å². The van der Waals surface area contributed by atoms with Crippen molar-refractivity contribution in [1.82, 2.24) is 4.98 Å². The van der Waals surface area contributed by atoms with Gasteiger partial charge in [0.25, 0.3) is 0 Å². The number of methoxy groups -OCH3 is 2. The second-order valence-corrected chi connectivity index (χ2v) is 3.46. The minimum atomic E-state index is -0.524. The van der Waals surface area contributed by atoms with E-state index < -0.39 is 6.29 Å². The van der Waals surface area contributed by atoms with E-state index in [2.05, 4.69) is 4.98 Å². The number of nitrogens with zero attached hydrogens (tertiary/aromatic N) is 1. The van der Waals surface area contributed by atoms with Gasteiger partial charge in [-0.15, -0.1) is 0 Å². The molecule has 0 aliphatic rings. The second-order valence-electron chi connectivity index (χ2n) is 3.46. The number of ether oxygens (including phenoxy) is 2. The van der Waals surface area contributed by atoms with Gasteiger partial charge < -0.3 is 15.2 Å². The van der Waals surface area contributed by atoms with E-state index in [9.17, 15) is 0 Å². The standard InChI is InChI=1S/C12H14N2O2/c1-15-12(16-2)11-9(13)7-8-5-3-4-6-10(8)14-11/h3-7,12H,13H2,1-2H3. The number of aromatic nitrogens is 1. The molecule has 0 aliphatic carbocycles. The smallest absolute Gasteiger partial charge is 0.202 e. The van der Waals surface area contributed by atoms with Crippen molar-refractivity contribution < 1.29 is 9.47 Å². The fourth-order valence-corrected chi connectivity index (χ4v) is 1.66. The van der Waals surface area contributed by atoms with Gasteiger partial charge in [0, 0.05) is 19.6 Å². The summed E-state index contributed by atoms with van der Waals surface area (Å²) in [6, 6.07) is 9.66. The monoisotopic (exact) mass is 218 g/mol. The van der Waals surface area contributed by atoms with E-state index in [4.69, 9.17) is 15.2 Å². The van der Waals surface area contributed by atoms with E-state index in [0.29, 0.717) is 11.4 Å². The van der Waals surface area contributed by atoms with Crippen molar-refractivity contribution in [3.63, 3.8) is 0 Å². The number of nitrogen functional groups attached to an aromatic ring is 1. The van der Waals surface area contributed by atoms with Crippen LogP contribution >= 0.6 is 0 Å². The lowest BCUT2D eigenvalue weighted by Gasteiger charge is -2.15. The first kappa shape index (κ1) is 10.9. The molecule has 0 radical (unpaired) electrons. The molecule has 0 aliphatic heterocycles. The summed E-state index contributed by atoms with van der Waals surface area (Å²) in [7, 11) is 3.12. The zero-order valence-corrected chi connectivity index (χ0v) is 9.31. The first-order chi connectivity index (χ1) is 7.76. The molecule has 0 fully saturated rings. The molecule has 16 heavy (non-hydrogen) atoms. The maximum Gasteiger partial charge on any atom is 0.202 e. The second kappa shape index (κ2) is 4.47. The number of para-hydroxylation sites is 1. The van der Waals surface area contributed by atoms with Crippen LogP contribution in [0.15, 0.2) is 30.3 Å². The fourth-order valence-electron chi connectivity index (χ4n) is 1.66. The van der Waals surface area contributed by atoms with Crippen LogP contribution in [0.25, 0.3) is 10.9 Å². The van der Waals surface area contributed by atoms with Crippen molar-refractivity contribution in [2.24, 2.45) is 0 Å². The molecule has 0 spiro atoms. The van der Waals surface area contributed by atoms with E-state index in [1.165, 1.54) is 0 Å².